The highest BCUT2D eigenvalue weighted by atomic mass is 19.3. The van der Waals surface area contributed by atoms with E-state index in [0.29, 0.717) is 24.7 Å². The number of nitrogens with zero attached hydrogens (tertiary/aromatic N) is 5. The van der Waals surface area contributed by atoms with Crippen LogP contribution in [0.1, 0.15) is 75.1 Å². The lowest BCUT2D eigenvalue weighted by atomic mass is 9.71. The third-order valence-corrected chi connectivity index (χ3v) is 7.58. The minimum atomic E-state index is -2.82. The van der Waals surface area contributed by atoms with E-state index in [4.69, 9.17) is 9.15 Å². The molecule has 4 heterocycles. The van der Waals surface area contributed by atoms with E-state index >= 15 is 0 Å². The smallest absolute Gasteiger partial charge is 0.284 e. The van der Waals surface area contributed by atoms with Crippen molar-refractivity contribution in [1.82, 2.24) is 19.7 Å². The zero-order valence-corrected chi connectivity index (χ0v) is 22.0. The summed E-state index contributed by atoms with van der Waals surface area (Å²) in [6.45, 7) is 9.43. The molecule has 38 heavy (non-hydrogen) atoms. The molecule has 2 fully saturated rings. The van der Waals surface area contributed by atoms with Gasteiger partial charge in [0.1, 0.15) is 12.1 Å². The van der Waals surface area contributed by atoms with Crippen molar-refractivity contribution in [2.75, 3.05) is 36.5 Å². The number of nitrogens with one attached hydrogen (secondary N) is 1. The molecule has 1 saturated carbocycles. The van der Waals surface area contributed by atoms with Crippen LogP contribution in [0, 0.1) is 11.3 Å². The largest absolute Gasteiger partial charge is 0.444 e. The van der Waals surface area contributed by atoms with Crippen LogP contribution in [-0.4, -0.2) is 52.0 Å². The van der Waals surface area contributed by atoms with Crippen molar-refractivity contribution in [3.05, 3.63) is 42.2 Å². The minimum Gasteiger partial charge on any atom is -0.444 e. The van der Waals surface area contributed by atoms with Crippen molar-refractivity contribution >= 4 is 17.4 Å². The molecule has 1 N–H and O–H groups in total. The van der Waals surface area contributed by atoms with Crippen LogP contribution in [-0.2, 0) is 4.74 Å². The van der Waals surface area contributed by atoms with Gasteiger partial charge in [0, 0.05) is 31.0 Å². The maximum absolute atomic E-state index is 13.8. The van der Waals surface area contributed by atoms with Gasteiger partial charge in [0.2, 0.25) is 5.89 Å². The molecule has 11 heteroatoms. The van der Waals surface area contributed by atoms with Gasteiger partial charge in [-0.15, -0.1) is 0 Å². The second-order valence-corrected chi connectivity index (χ2v) is 11.1. The molecule has 5 rings (SSSR count). The molecule has 0 bridgehead atoms. The number of morpholine rings is 1. The highest BCUT2D eigenvalue weighted by molar-refractivity contribution is 6.03. The van der Waals surface area contributed by atoms with Crippen molar-refractivity contribution < 1.29 is 22.7 Å². The van der Waals surface area contributed by atoms with E-state index in [-0.39, 0.29) is 28.7 Å². The van der Waals surface area contributed by atoms with Gasteiger partial charge < -0.3 is 19.4 Å². The molecular weight excluding hydrogens is 494 g/mol. The summed E-state index contributed by atoms with van der Waals surface area (Å²) < 4.78 is 40.2. The van der Waals surface area contributed by atoms with Crippen LogP contribution in [0.4, 0.5) is 20.3 Å². The normalized spacial score (nSPS) is 20.6. The number of halogens is 2. The van der Waals surface area contributed by atoms with Crippen LogP contribution in [0.5, 0.6) is 0 Å². The molecule has 0 radical (unpaired) electrons. The number of alkyl halides is 2. The second-order valence-electron chi connectivity index (χ2n) is 11.1. The Kier molecular flexibility index (Phi) is 7.47. The first-order valence-corrected chi connectivity index (χ1v) is 13.1. The molecule has 1 aliphatic heterocycles. The first-order chi connectivity index (χ1) is 18.2. The Hall–Kier alpha value is -3.34. The maximum Gasteiger partial charge on any atom is 0.284 e. The molecule has 0 atom stereocenters. The predicted octanol–water partition coefficient (Wildman–Crippen LogP) is 5.74. The number of oxazole rings is 1. The molecule has 2 aliphatic rings. The van der Waals surface area contributed by atoms with Gasteiger partial charge in [0.25, 0.3) is 12.3 Å². The van der Waals surface area contributed by atoms with E-state index in [9.17, 15) is 13.6 Å². The average molecular weight is 529 g/mol. The predicted molar refractivity (Wildman–Crippen MR) is 138 cm³/mol. The first kappa shape index (κ1) is 26.3. The van der Waals surface area contributed by atoms with E-state index in [1.807, 2.05) is 6.07 Å². The van der Waals surface area contributed by atoms with Gasteiger partial charge in [-0.3, -0.25) is 9.48 Å². The summed E-state index contributed by atoms with van der Waals surface area (Å²) in [5.41, 5.74) is 0.422. The summed E-state index contributed by atoms with van der Waals surface area (Å²) in [4.78, 5) is 23.7. The van der Waals surface area contributed by atoms with Gasteiger partial charge in [-0.1, -0.05) is 20.8 Å². The fraction of sp³-hybridized carbons (Fsp3) is 0.556. The summed E-state index contributed by atoms with van der Waals surface area (Å²) >= 11 is 0. The highest BCUT2D eigenvalue weighted by Gasteiger charge is 2.32. The van der Waals surface area contributed by atoms with Gasteiger partial charge in [0.05, 0.1) is 24.9 Å². The van der Waals surface area contributed by atoms with Crippen molar-refractivity contribution in [2.45, 2.75) is 58.9 Å². The number of hydrogen-bond acceptors (Lipinski definition) is 7. The molecule has 9 nitrogen and oxygen atoms in total. The Morgan fingerprint density at radius 1 is 1.16 bits per heavy atom. The van der Waals surface area contributed by atoms with E-state index in [1.54, 1.807) is 16.9 Å². The van der Waals surface area contributed by atoms with Crippen LogP contribution in [0.2, 0.25) is 0 Å². The Labute approximate surface area is 220 Å². The molecule has 3 aromatic heterocycles. The lowest BCUT2D eigenvalue weighted by Gasteiger charge is -2.37. The number of rotatable bonds is 6. The first-order valence-electron chi connectivity index (χ1n) is 13.1. The van der Waals surface area contributed by atoms with Crippen molar-refractivity contribution in [1.29, 1.82) is 0 Å². The lowest BCUT2D eigenvalue weighted by molar-refractivity contribution is 0.102. The minimum absolute atomic E-state index is 0.00832. The highest BCUT2D eigenvalue weighted by Crippen LogP contribution is 2.42. The number of anilines is 2. The summed E-state index contributed by atoms with van der Waals surface area (Å²) in [5.74, 6) is 0.961. The van der Waals surface area contributed by atoms with Crippen LogP contribution >= 0.6 is 0 Å². The fourth-order valence-electron chi connectivity index (χ4n) is 5.27. The van der Waals surface area contributed by atoms with Crippen molar-refractivity contribution in [3.8, 4) is 11.5 Å². The summed E-state index contributed by atoms with van der Waals surface area (Å²) in [5, 5.41) is 6.73. The van der Waals surface area contributed by atoms with Crippen molar-refractivity contribution in [2.24, 2.45) is 11.3 Å². The number of aromatic nitrogens is 4. The zero-order chi connectivity index (χ0) is 26.9. The van der Waals surface area contributed by atoms with Gasteiger partial charge in [-0.25, -0.2) is 18.7 Å². The molecule has 1 saturated heterocycles. The molecule has 3 aromatic rings. The second kappa shape index (κ2) is 10.8. The Morgan fingerprint density at radius 2 is 1.89 bits per heavy atom. The van der Waals surface area contributed by atoms with E-state index in [2.05, 4.69) is 46.1 Å². The van der Waals surface area contributed by atoms with E-state index in [0.717, 1.165) is 44.6 Å². The van der Waals surface area contributed by atoms with Gasteiger partial charge in [-0.05, 0) is 49.1 Å². The lowest BCUT2D eigenvalue weighted by Crippen LogP contribution is -2.36. The number of carbonyl (C=O) groups excluding carboxylic acids is 1. The SMILES string of the molecule is CC(C)(C)C1CCC(n2cc(NC(=O)c3coc(-c4ccnc(N5CCOCC5)c4)n3)c(C(F)F)n2)CC1. The molecular formula is C27H34F2N6O3. The summed E-state index contributed by atoms with van der Waals surface area (Å²) in [7, 11) is 0. The maximum atomic E-state index is 13.8. The number of pyridine rings is 1. The van der Waals surface area contributed by atoms with E-state index < -0.39 is 18.0 Å². The zero-order valence-electron chi connectivity index (χ0n) is 22.0. The molecule has 0 aromatic carbocycles. The molecule has 0 spiro atoms. The van der Waals surface area contributed by atoms with Gasteiger partial charge >= 0.3 is 0 Å². The third-order valence-electron chi connectivity index (χ3n) is 7.58. The quantitative estimate of drug-likeness (QED) is 0.436. The topological polar surface area (TPSA) is 98.3 Å². The molecule has 0 unspecified atom stereocenters. The van der Waals surface area contributed by atoms with Crippen molar-refractivity contribution in [3.63, 3.8) is 0 Å². The van der Waals surface area contributed by atoms with Crippen LogP contribution in [0.25, 0.3) is 11.5 Å². The monoisotopic (exact) mass is 528 g/mol. The van der Waals surface area contributed by atoms with Crippen LogP contribution in [0.15, 0.2) is 35.2 Å². The number of amides is 1. The Balaban J connectivity index is 1.29. The number of carbonyl (C=O) groups is 1. The van der Waals surface area contributed by atoms with Gasteiger partial charge in [0.15, 0.2) is 11.4 Å². The van der Waals surface area contributed by atoms with Crippen LogP contribution < -0.4 is 10.2 Å². The fourth-order valence-corrected chi connectivity index (χ4v) is 5.27. The molecule has 204 valence electrons. The Morgan fingerprint density at radius 3 is 2.58 bits per heavy atom. The molecule has 1 amide bonds. The number of hydrogen-bond donors (Lipinski definition) is 1. The standard InChI is InChI=1S/C27H34F2N6O3/c1-27(2,3)18-4-6-19(7-5-18)35-15-20(23(33-35)24(28)29)31-25(36)21-16-38-26(32-21)17-8-9-30-22(14-17)34-10-12-37-13-11-34/h8-9,14-16,18-19,24H,4-7,10-13H2,1-3H3,(H,31,36). The average Bonchev–Trinajstić information content (AvgIpc) is 3.57. The Bertz CT molecular complexity index is 1250. The summed E-state index contributed by atoms with van der Waals surface area (Å²) in [6.07, 6.45) is 5.34. The van der Waals surface area contributed by atoms with Gasteiger partial charge in [-0.2, -0.15) is 5.10 Å². The third kappa shape index (κ3) is 5.72. The molecule has 1 aliphatic carbocycles. The number of ether oxygens (including phenoxy) is 1. The summed E-state index contributed by atoms with van der Waals surface area (Å²) in [6, 6.07) is 3.61. The van der Waals surface area contributed by atoms with E-state index in [1.165, 1.54) is 12.5 Å². The van der Waals surface area contributed by atoms with Crippen LogP contribution in [0.3, 0.4) is 0 Å².